The predicted octanol–water partition coefficient (Wildman–Crippen LogP) is 1.47. The van der Waals surface area contributed by atoms with E-state index in [1.54, 1.807) is 0 Å². The molecule has 0 spiro atoms. The minimum Gasteiger partial charge on any atom is -0.467 e. The lowest BCUT2D eigenvalue weighted by Crippen LogP contribution is -2.11. The van der Waals surface area contributed by atoms with E-state index < -0.39 is 12.1 Å². The molecule has 0 aliphatic carbocycles. The molecule has 5 heteroatoms. The highest BCUT2D eigenvalue weighted by Crippen LogP contribution is 2.26. The molecule has 0 bridgehead atoms. The van der Waals surface area contributed by atoms with Crippen molar-refractivity contribution in [2.45, 2.75) is 25.9 Å². The van der Waals surface area contributed by atoms with Gasteiger partial charge in [0.15, 0.2) is 6.10 Å². The molecule has 0 fully saturated rings. The number of carbonyl (C=O) groups excluding carboxylic acids is 1. The molecule has 1 atom stereocenters. The molecule has 1 heterocycles. The van der Waals surface area contributed by atoms with Crippen LogP contribution >= 0.6 is 11.3 Å². The lowest BCUT2D eigenvalue weighted by atomic mass is 10.2. The van der Waals surface area contributed by atoms with Crippen molar-refractivity contribution in [3.63, 3.8) is 0 Å². The molecular formula is C9H13NO3S. The van der Waals surface area contributed by atoms with Gasteiger partial charge in [0.1, 0.15) is 0 Å². The maximum absolute atomic E-state index is 11.0. The summed E-state index contributed by atoms with van der Waals surface area (Å²) in [7, 11) is 1.25. The molecule has 1 N–H and O–H groups in total. The molecule has 0 amide bonds. The summed E-state index contributed by atoms with van der Waals surface area (Å²) in [6, 6.07) is 0. The first-order valence-electron chi connectivity index (χ1n) is 4.27. The van der Waals surface area contributed by atoms with Crippen molar-refractivity contribution in [1.82, 2.24) is 4.98 Å². The topological polar surface area (TPSA) is 59.4 Å². The lowest BCUT2D eigenvalue weighted by molar-refractivity contribution is -0.150. The Bertz CT molecular complexity index is 322. The number of hydrogen-bond donors (Lipinski definition) is 1. The molecule has 0 aliphatic heterocycles. The van der Waals surface area contributed by atoms with Crippen molar-refractivity contribution in [2.75, 3.05) is 7.11 Å². The third-order valence-corrected chi connectivity index (χ3v) is 3.08. The second-order valence-corrected chi connectivity index (χ2v) is 4.28. The average molecular weight is 215 g/mol. The SMILES string of the molecule is COC(=O)C(O)c1cnc(C(C)C)s1. The molecule has 0 saturated heterocycles. The Morgan fingerprint density at radius 3 is 2.71 bits per heavy atom. The fraction of sp³-hybridized carbons (Fsp3) is 0.556. The fourth-order valence-corrected chi connectivity index (χ4v) is 1.82. The fourth-order valence-electron chi connectivity index (χ4n) is 0.922. The highest BCUT2D eigenvalue weighted by molar-refractivity contribution is 7.11. The van der Waals surface area contributed by atoms with Crippen molar-refractivity contribution >= 4 is 17.3 Å². The van der Waals surface area contributed by atoms with Gasteiger partial charge in [-0.2, -0.15) is 0 Å². The normalized spacial score (nSPS) is 12.9. The van der Waals surface area contributed by atoms with Gasteiger partial charge in [-0.05, 0) is 0 Å². The molecule has 0 aromatic carbocycles. The Hall–Kier alpha value is -0.940. The summed E-state index contributed by atoms with van der Waals surface area (Å²) in [5, 5.41) is 10.4. The highest BCUT2D eigenvalue weighted by Gasteiger charge is 2.21. The summed E-state index contributed by atoms with van der Waals surface area (Å²) in [5.41, 5.74) is 0. The zero-order chi connectivity index (χ0) is 10.7. The standard InChI is InChI=1S/C9H13NO3S/c1-5(2)8-10-4-6(14-8)7(11)9(12)13-3/h4-5,7,11H,1-3H3. The van der Waals surface area contributed by atoms with Gasteiger partial charge in [0.25, 0.3) is 0 Å². The van der Waals surface area contributed by atoms with Gasteiger partial charge >= 0.3 is 5.97 Å². The van der Waals surface area contributed by atoms with Crippen LogP contribution in [-0.4, -0.2) is 23.2 Å². The Morgan fingerprint density at radius 1 is 1.64 bits per heavy atom. The van der Waals surface area contributed by atoms with Crippen LogP contribution in [0.3, 0.4) is 0 Å². The maximum atomic E-state index is 11.0. The van der Waals surface area contributed by atoms with Crippen molar-refractivity contribution < 1.29 is 14.6 Å². The van der Waals surface area contributed by atoms with E-state index in [0.29, 0.717) is 10.8 Å². The summed E-state index contributed by atoms with van der Waals surface area (Å²) in [5.74, 6) is -0.345. The summed E-state index contributed by atoms with van der Waals surface area (Å²) >= 11 is 1.33. The van der Waals surface area contributed by atoms with Gasteiger partial charge in [-0.25, -0.2) is 9.78 Å². The molecule has 1 unspecified atom stereocenters. The van der Waals surface area contributed by atoms with Crippen LogP contribution in [-0.2, 0) is 9.53 Å². The van der Waals surface area contributed by atoms with E-state index >= 15 is 0 Å². The van der Waals surface area contributed by atoms with Crippen LogP contribution < -0.4 is 0 Å². The number of ether oxygens (including phenoxy) is 1. The molecule has 78 valence electrons. The number of esters is 1. The van der Waals surface area contributed by atoms with Gasteiger partial charge in [-0.15, -0.1) is 11.3 Å². The number of hydrogen-bond acceptors (Lipinski definition) is 5. The number of methoxy groups -OCH3 is 1. The van der Waals surface area contributed by atoms with E-state index in [1.807, 2.05) is 13.8 Å². The van der Waals surface area contributed by atoms with Crippen LogP contribution in [0.15, 0.2) is 6.20 Å². The van der Waals surface area contributed by atoms with Crippen molar-refractivity contribution in [3.05, 3.63) is 16.1 Å². The van der Waals surface area contributed by atoms with E-state index in [-0.39, 0.29) is 0 Å². The summed E-state index contributed by atoms with van der Waals surface area (Å²) < 4.78 is 4.43. The van der Waals surface area contributed by atoms with Crippen LogP contribution in [0.4, 0.5) is 0 Å². The molecule has 1 rings (SSSR count). The second-order valence-electron chi connectivity index (χ2n) is 3.18. The molecule has 14 heavy (non-hydrogen) atoms. The number of aromatic nitrogens is 1. The van der Waals surface area contributed by atoms with E-state index in [2.05, 4.69) is 9.72 Å². The van der Waals surface area contributed by atoms with Gasteiger partial charge in [0.05, 0.1) is 17.0 Å². The molecule has 0 aliphatic rings. The Kier molecular flexibility index (Phi) is 3.60. The quantitative estimate of drug-likeness (QED) is 0.776. The molecule has 0 radical (unpaired) electrons. The number of carbonyl (C=O) groups is 1. The van der Waals surface area contributed by atoms with Gasteiger partial charge in [0.2, 0.25) is 0 Å². The van der Waals surface area contributed by atoms with Crippen LogP contribution in [0.5, 0.6) is 0 Å². The number of thiazole rings is 1. The van der Waals surface area contributed by atoms with Gasteiger partial charge in [0, 0.05) is 12.1 Å². The van der Waals surface area contributed by atoms with Crippen LogP contribution in [0.1, 0.15) is 35.8 Å². The molecule has 4 nitrogen and oxygen atoms in total. The zero-order valence-electron chi connectivity index (χ0n) is 8.35. The summed E-state index contributed by atoms with van der Waals surface area (Å²) in [4.78, 5) is 15.6. The smallest absolute Gasteiger partial charge is 0.340 e. The second kappa shape index (κ2) is 4.52. The van der Waals surface area contributed by atoms with Crippen molar-refractivity contribution in [1.29, 1.82) is 0 Å². The summed E-state index contributed by atoms with van der Waals surface area (Å²) in [6.07, 6.45) is 0.312. The van der Waals surface area contributed by atoms with Gasteiger partial charge < -0.3 is 9.84 Å². The number of aliphatic hydroxyl groups excluding tert-OH is 1. The molecule has 0 saturated carbocycles. The van der Waals surface area contributed by atoms with E-state index in [9.17, 15) is 9.90 Å². The van der Waals surface area contributed by atoms with E-state index in [1.165, 1.54) is 24.6 Å². The number of nitrogens with zero attached hydrogens (tertiary/aromatic N) is 1. The van der Waals surface area contributed by atoms with Crippen LogP contribution in [0.2, 0.25) is 0 Å². The van der Waals surface area contributed by atoms with Crippen molar-refractivity contribution in [3.8, 4) is 0 Å². The Morgan fingerprint density at radius 2 is 2.29 bits per heavy atom. The van der Waals surface area contributed by atoms with Crippen LogP contribution in [0.25, 0.3) is 0 Å². The van der Waals surface area contributed by atoms with Crippen LogP contribution in [0, 0.1) is 0 Å². The lowest BCUT2D eigenvalue weighted by Gasteiger charge is -2.04. The first kappa shape index (κ1) is 11.1. The largest absolute Gasteiger partial charge is 0.467 e. The van der Waals surface area contributed by atoms with Gasteiger partial charge in [-0.3, -0.25) is 0 Å². The maximum Gasteiger partial charge on any atom is 0.340 e. The average Bonchev–Trinajstić information content (AvgIpc) is 2.64. The van der Waals surface area contributed by atoms with E-state index in [4.69, 9.17) is 0 Å². The summed E-state index contributed by atoms with van der Waals surface area (Å²) in [6.45, 7) is 4.01. The molecule has 1 aromatic heterocycles. The number of rotatable bonds is 3. The first-order chi connectivity index (χ1) is 6.56. The third-order valence-electron chi connectivity index (χ3n) is 1.73. The number of aliphatic hydroxyl groups is 1. The van der Waals surface area contributed by atoms with E-state index in [0.717, 1.165) is 5.01 Å². The Labute approximate surface area is 86.6 Å². The highest BCUT2D eigenvalue weighted by atomic mass is 32.1. The minimum absolute atomic E-state index is 0.304. The molecular weight excluding hydrogens is 202 g/mol. The first-order valence-corrected chi connectivity index (χ1v) is 5.09. The minimum atomic E-state index is -1.20. The third kappa shape index (κ3) is 2.30. The van der Waals surface area contributed by atoms with Gasteiger partial charge in [-0.1, -0.05) is 13.8 Å². The monoisotopic (exact) mass is 215 g/mol. The Balaban J connectivity index is 2.81. The zero-order valence-corrected chi connectivity index (χ0v) is 9.17. The predicted molar refractivity (Wildman–Crippen MR) is 53.2 cm³/mol. The molecule has 1 aromatic rings. The van der Waals surface area contributed by atoms with Crippen molar-refractivity contribution in [2.24, 2.45) is 0 Å².